The number of hydrogen-bond donors (Lipinski definition) is 3. The second-order valence-electron chi connectivity index (χ2n) is 11.5. The molecule has 0 aliphatic carbocycles. The van der Waals surface area contributed by atoms with E-state index in [0.29, 0.717) is 17.4 Å². The number of phosphoric acid groups is 1. The number of carbonyl (C=O) groups is 1. The summed E-state index contributed by atoms with van der Waals surface area (Å²) in [4.78, 5) is 22.7. The molecule has 0 heterocycles. The van der Waals surface area contributed by atoms with E-state index in [1.54, 1.807) is 6.08 Å². The van der Waals surface area contributed by atoms with Crippen LogP contribution in [-0.4, -0.2) is 73.4 Å². The van der Waals surface area contributed by atoms with Gasteiger partial charge in [0.15, 0.2) is 0 Å². The van der Waals surface area contributed by atoms with E-state index in [-0.39, 0.29) is 19.1 Å². The topological polar surface area (TPSA) is 105 Å². The highest BCUT2D eigenvalue weighted by Gasteiger charge is 2.27. The molecule has 9 heteroatoms. The molecule has 234 valence electrons. The Kier molecular flexibility index (Phi) is 23.6. The number of nitrogens with zero attached hydrogens (tertiary/aromatic N) is 1. The van der Waals surface area contributed by atoms with Crippen molar-refractivity contribution in [2.75, 3.05) is 40.9 Å². The number of quaternary nitrogens is 1. The molecule has 0 saturated carbocycles. The second-order valence-corrected chi connectivity index (χ2v) is 12.9. The molecule has 8 nitrogen and oxygen atoms in total. The summed E-state index contributed by atoms with van der Waals surface area (Å²) in [5.41, 5.74) is 0. The number of hydrogen-bond acceptors (Lipinski definition) is 5. The smallest absolute Gasteiger partial charge is 0.387 e. The molecule has 1 amide bonds. The summed E-state index contributed by atoms with van der Waals surface area (Å²) in [5.74, 6) is -0.202. The van der Waals surface area contributed by atoms with Gasteiger partial charge in [-0.2, -0.15) is 0 Å². The quantitative estimate of drug-likeness (QED) is 0.0443. The summed E-state index contributed by atoms with van der Waals surface area (Å²) in [6, 6.07) is -0.860. The molecule has 0 aromatic carbocycles. The summed E-state index contributed by atoms with van der Waals surface area (Å²) in [6.45, 7) is 4.47. The fraction of sp³-hybridized carbons (Fsp3) is 0.774. The first kappa shape index (κ1) is 38.7. The maximum absolute atomic E-state index is 12.6. The van der Waals surface area contributed by atoms with E-state index in [2.05, 4.69) is 30.5 Å². The molecule has 0 aromatic rings. The third kappa shape index (κ3) is 25.7. The largest absolute Gasteiger partial charge is 0.472 e. The van der Waals surface area contributed by atoms with E-state index in [4.69, 9.17) is 9.05 Å². The highest BCUT2D eigenvalue weighted by molar-refractivity contribution is 7.47. The van der Waals surface area contributed by atoms with Gasteiger partial charge in [-0.3, -0.25) is 13.8 Å². The minimum atomic E-state index is -4.32. The van der Waals surface area contributed by atoms with Gasteiger partial charge in [-0.1, -0.05) is 94.7 Å². The Morgan fingerprint density at radius 2 is 1.43 bits per heavy atom. The lowest BCUT2D eigenvalue weighted by Gasteiger charge is -2.25. The summed E-state index contributed by atoms with van der Waals surface area (Å²) < 4.78 is 23.2. The van der Waals surface area contributed by atoms with Crippen LogP contribution < -0.4 is 5.32 Å². The van der Waals surface area contributed by atoms with Gasteiger partial charge in [0.25, 0.3) is 0 Å². The van der Waals surface area contributed by atoms with Crippen molar-refractivity contribution in [3.8, 4) is 0 Å². The lowest BCUT2D eigenvalue weighted by atomic mass is 10.1. The second kappa shape index (κ2) is 24.3. The van der Waals surface area contributed by atoms with Crippen molar-refractivity contribution in [1.29, 1.82) is 0 Å². The fourth-order valence-electron chi connectivity index (χ4n) is 3.90. The zero-order chi connectivity index (χ0) is 30.1. The molecule has 0 saturated heterocycles. The van der Waals surface area contributed by atoms with Gasteiger partial charge in [0.2, 0.25) is 5.91 Å². The van der Waals surface area contributed by atoms with Crippen LogP contribution in [0.1, 0.15) is 104 Å². The number of allylic oxidation sites excluding steroid dienone is 5. The molecule has 0 radical (unpaired) electrons. The van der Waals surface area contributed by atoms with E-state index in [9.17, 15) is 19.4 Å². The van der Waals surface area contributed by atoms with Crippen LogP contribution in [0.3, 0.4) is 0 Å². The average molecular weight is 588 g/mol. The number of rotatable bonds is 26. The first-order valence-corrected chi connectivity index (χ1v) is 16.8. The first-order valence-electron chi connectivity index (χ1n) is 15.3. The van der Waals surface area contributed by atoms with Crippen LogP contribution in [0, 0.1) is 0 Å². The first-order chi connectivity index (χ1) is 19.0. The maximum Gasteiger partial charge on any atom is 0.472 e. The predicted octanol–water partition coefficient (Wildman–Crippen LogP) is 6.84. The van der Waals surface area contributed by atoms with Crippen molar-refractivity contribution in [1.82, 2.24) is 5.32 Å². The van der Waals surface area contributed by atoms with Crippen LogP contribution in [0.15, 0.2) is 36.5 Å². The monoisotopic (exact) mass is 587 g/mol. The molecule has 40 heavy (non-hydrogen) atoms. The summed E-state index contributed by atoms with van der Waals surface area (Å²) in [6.07, 6.45) is 25.2. The standard InChI is InChI=1S/C31H59N2O6P/c1-6-8-10-12-14-16-18-20-22-24-30(34)29(28-39-40(36,37)38-27-26-33(3,4)5)32-31(35)25-23-21-19-17-15-13-11-9-7-2/h6,8,14,16,22,24,29-30,34H,7,9-13,15,17-21,23,25-28H2,1-5H3,(H-,32,35,36,37)/p+1/b8-6+,16-14+,24-22+. The van der Waals surface area contributed by atoms with E-state index < -0.39 is 20.0 Å². The minimum Gasteiger partial charge on any atom is -0.387 e. The van der Waals surface area contributed by atoms with Gasteiger partial charge in [0.1, 0.15) is 13.2 Å². The third-order valence-corrected chi connectivity index (χ3v) is 7.42. The molecule has 3 unspecified atom stereocenters. The number of carbonyl (C=O) groups excluding carboxylic acids is 1. The third-order valence-electron chi connectivity index (χ3n) is 6.44. The van der Waals surface area contributed by atoms with E-state index in [0.717, 1.165) is 44.9 Å². The Hall–Kier alpha value is -1.28. The molecular formula is C31H60N2O6P+. The van der Waals surface area contributed by atoms with Crippen LogP contribution in [0.5, 0.6) is 0 Å². The van der Waals surface area contributed by atoms with Crippen molar-refractivity contribution in [2.24, 2.45) is 0 Å². The number of amides is 1. The number of likely N-dealkylation sites (N-methyl/N-ethyl adjacent to an activating group) is 1. The Balaban J connectivity index is 4.75. The number of aliphatic hydroxyl groups is 1. The van der Waals surface area contributed by atoms with Gasteiger partial charge in [0, 0.05) is 6.42 Å². The summed E-state index contributed by atoms with van der Waals surface area (Å²) in [7, 11) is 1.53. The van der Waals surface area contributed by atoms with Crippen molar-refractivity contribution < 1.29 is 32.9 Å². The summed E-state index contributed by atoms with van der Waals surface area (Å²) >= 11 is 0. The molecule has 3 atom stereocenters. The normalized spacial score (nSPS) is 15.7. The van der Waals surface area contributed by atoms with Crippen molar-refractivity contribution >= 4 is 13.7 Å². The van der Waals surface area contributed by atoms with Gasteiger partial charge in [-0.05, 0) is 39.0 Å². The summed E-state index contributed by atoms with van der Waals surface area (Å²) in [5, 5.41) is 13.5. The van der Waals surface area contributed by atoms with Crippen molar-refractivity contribution in [2.45, 2.75) is 116 Å². The van der Waals surface area contributed by atoms with Gasteiger partial charge in [-0.15, -0.1) is 0 Å². The van der Waals surface area contributed by atoms with Crippen molar-refractivity contribution in [3.05, 3.63) is 36.5 Å². The molecule has 3 N–H and O–H groups in total. The van der Waals surface area contributed by atoms with Gasteiger partial charge >= 0.3 is 7.82 Å². The van der Waals surface area contributed by atoms with Crippen molar-refractivity contribution in [3.63, 3.8) is 0 Å². The predicted molar refractivity (Wildman–Crippen MR) is 166 cm³/mol. The van der Waals surface area contributed by atoms with Gasteiger partial charge < -0.3 is 19.8 Å². The number of unbranched alkanes of at least 4 members (excludes halogenated alkanes) is 10. The molecule has 0 aliphatic heterocycles. The Labute approximate surface area is 245 Å². The Morgan fingerprint density at radius 3 is 2.00 bits per heavy atom. The van der Waals surface area contributed by atoms with Gasteiger partial charge in [-0.25, -0.2) is 4.57 Å². The Bertz CT molecular complexity index is 763. The molecule has 0 fully saturated rings. The van der Waals surface area contributed by atoms with Crippen LogP contribution >= 0.6 is 7.82 Å². The molecule has 0 aliphatic rings. The Morgan fingerprint density at radius 1 is 0.875 bits per heavy atom. The van der Waals surface area contributed by atoms with Gasteiger partial charge in [0.05, 0.1) is 39.9 Å². The lowest BCUT2D eigenvalue weighted by molar-refractivity contribution is -0.870. The molecule has 0 spiro atoms. The number of nitrogens with one attached hydrogen (secondary N) is 1. The highest BCUT2D eigenvalue weighted by Crippen LogP contribution is 2.43. The maximum atomic E-state index is 12.6. The van der Waals surface area contributed by atoms with E-state index >= 15 is 0 Å². The number of phosphoric ester groups is 1. The highest BCUT2D eigenvalue weighted by atomic mass is 31.2. The minimum absolute atomic E-state index is 0.0532. The zero-order valence-electron chi connectivity index (χ0n) is 26.1. The zero-order valence-corrected chi connectivity index (χ0v) is 27.0. The average Bonchev–Trinajstić information content (AvgIpc) is 2.88. The SMILES string of the molecule is C/C=C/CC/C=C/CC/C=C/C(O)C(COP(=O)(O)OCC[N+](C)(C)C)NC(=O)CCCCCCCCCCC. The van der Waals surface area contributed by atoms with Crippen LogP contribution in [0.25, 0.3) is 0 Å². The van der Waals surface area contributed by atoms with E-state index in [1.807, 2.05) is 40.2 Å². The lowest BCUT2D eigenvalue weighted by Crippen LogP contribution is -2.45. The van der Waals surface area contributed by atoms with Crippen LogP contribution in [-0.2, 0) is 18.4 Å². The molecule has 0 bridgehead atoms. The van der Waals surface area contributed by atoms with Crippen LogP contribution in [0.2, 0.25) is 0 Å². The number of aliphatic hydroxyl groups excluding tert-OH is 1. The fourth-order valence-corrected chi connectivity index (χ4v) is 4.64. The van der Waals surface area contributed by atoms with E-state index in [1.165, 1.54) is 38.5 Å². The molecular weight excluding hydrogens is 527 g/mol. The molecule has 0 aromatic heterocycles. The van der Waals surface area contributed by atoms with Crippen LogP contribution in [0.4, 0.5) is 0 Å². The molecule has 0 rings (SSSR count).